The minimum atomic E-state index is 0.140. The van der Waals surface area contributed by atoms with E-state index in [1.807, 2.05) is 11.0 Å². The number of nitrogens with zero attached hydrogens (tertiary/aromatic N) is 1. The lowest BCUT2D eigenvalue weighted by Crippen LogP contribution is -2.31. The molecular weight excluding hydrogens is 240 g/mol. The molecule has 1 fully saturated rings. The Hall–Kier alpha value is -0.910. The average molecular weight is 252 g/mol. The van der Waals surface area contributed by atoms with Crippen LogP contribution >= 0.6 is 22.7 Å². The van der Waals surface area contributed by atoms with Gasteiger partial charge in [0.15, 0.2) is 0 Å². The van der Waals surface area contributed by atoms with Gasteiger partial charge in [-0.3, -0.25) is 4.79 Å². The lowest BCUT2D eigenvalue weighted by atomic mass is 10.3. The molecule has 0 aliphatic carbocycles. The number of likely N-dealkylation sites (tertiary alicyclic amines) is 1. The van der Waals surface area contributed by atoms with E-state index in [-0.39, 0.29) is 11.9 Å². The van der Waals surface area contributed by atoms with Crippen molar-refractivity contribution in [1.29, 1.82) is 0 Å². The average Bonchev–Trinajstić information content (AvgIpc) is 2.89. The molecule has 1 aliphatic rings. The Kier molecular flexibility index (Phi) is 2.46. The Balaban J connectivity index is 1.87. The van der Waals surface area contributed by atoms with Gasteiger partial charge in [-0.1, -0.05) is 0 Å². The zero-order valence-corrected chi connectivity index (χ0v) is 10.3. The topological polar surface area (TPSA) is 46.3 Å². The first-order chi connectivity index (χ1) is 7.74. The molecule has 0 saturated carbocycles. The Morgan fingerprint density at radius 3 is 3.06 bits per heavy atom. The monoisotopic (exact) mass is 252 g/mol. The fraction of sp³-hybridized carbons (Fsp3) is 0.364. The van der Waals surface area contributed by atoms with Crippen molar-refractivity contribution in [3.63, 3.8) is 0 Å². The molecule has 1 saturated heterocycles. The Morgan fingerprint density at radius 2 is 2.38 bits per heavy atom. The van der Waals surface area contributed by atoms with Crippen molar-refractivity contribution < 1.29 is 4.79 Å². The second-order valence-corrected chi connectivity index (χ2v) is 6.09. The molecule has 3 rings (SSSR count). The van der Waals surface area contributed by atoms with Crippen molar-refractivity contribution in [1.82, 2.24) is 4.90 Å². The molecule has 1 atom stereocenters. The first-order valence-corrected chi connectivity index (χ1v) is 6.95. The predicted molar refractivity (Wildman–Crippen MR) is 68.2 cm³/mol. The molecule has 16 heavy (non-hydrogen) atoms. The smallest absolute Gasteiger partial charge is 0.264 e. The lowest BCUT2D eigenvalue weighted by Gasteiger charge is -2.13. The largest absolute Gasteiger partial charge is 0.336 e. The molecule has 0 aromatic carbocycles. The summed E-state index contributed by atoms with van der Waals surface area (Å²) in [5, 5.41) is 2.06. The van der Waals surface area contributed by atoms with Crippen LogP contribution in [0.2, 0.25) is 0 Å². The SMILES string of the molecule is N[C@H]1CCN(C(=O)c2cc3sccc3s2)C1. The van der Waals surface area contributed by atoms with Gasteiger partial charge in [-0.05, 0) is 23.9 Å². The molecule has 0 bridgehead atoms. The summed E-state index contributed by atoms with van der Waals surface area (Å²) in [6.07, 6.45) is 0.922. The van der Waals surface area contributed by atoms with Gasteiger partial charge in [0.1, 0.15) is 0 Å². The molecule has 84 valence electrons. The highest BCUT2D eigenvalue weighted by molar-refractivity contribution is 7.27. The molecule has 2 aromatic heterocycles. The number of hydrogen-bond acceptors (Lipinski definition) is 4. The van der Waals surface area contributed by atoms with Crippen LogP contribution in [0.25, 0.3) is 9.40 Å². The lowest BCUT2D eigenvalue weighted by molar-refractivity contribution is 0.0796. The van der Waals surface area contributed by atoms with E-state index in [4.69, 9.17) is 5.73 Å². The molecule has 0 radical (unpaired) electrons. The summed E-state index contributed by atoms with van der Waals surface area (Å²) >= 11 is 3.26. The van der Waals surface area contributed by atoms with Crippen LogP contribution in [-0.2, 0) is 0 Å². The maximum Gasteiger partial charge on any atom is 0.264 e. The van der Waals surface area contributed by atoms with Gasteiger partial charge in [0.2, 0.25) is 0 Å². The van der Waals surface area contributed by atoms with Gasteiger partial charge >= 0.3 is 0 Å². The number of thiophene rings is 2. The summed E-state index contributed by atoms with van der Waals surface area (Å²) < 4.78 is 2.41. The Labute approximate surface area is 101 Å². The quantitative estimate of drug-likeness (QED) is 0.845. The van der Waals surface area contributed by atoms with Crippen molar-refractivity contribution in [2.45, 2.75) is 12.5 Å². The molecule has 0 spiro atoms. The summed E-state index contributed by atoms with van der Waals surface area (Å²) in [5.74, 6) is 0.140. The molecule has 1 amide bonds. The van der Waals surface area contributed by atoms with Crippen LogP contribution in [0.5, 0.6) is 0 Å². The highest BCUT2D eigenvalue weighted by atomic mass is 32.1. The predicted octanol–water partition coefficient (Wildman–Crippen LogP) is 2.14. The summed E-state index contributed by atoms with van der Waals surface area (Å²) in [5.41, 5.74) is 5.81. The van der Waals surface area contributed by atoms with Gasteiger partial charge in [-0.2, -0.15) is 0 Å². The zero-order chi connectivity index (χ0) is 11.1. The van der Waals surface area contributed by atoms with Crippen molar-refractivity contribution in [2.75, 3.05) is 13.1 Å². The van der Waals surface area contributed by atoms with Crippen LogP contribution in [0.15, 0.2) is 17.5 Å². The van der Waals surface area contributed by atoms with Crippen LogP contribution in [0.3, 0.4) is 0 Å². The van der Waals surface area contributed by atoms with Crippen molar-refractivity contribution in [3.05, 3.63) is 22.4 Å². The van der Waals surface area contributed by atoms with Gasteiger partial charge in [0.05, 0.1) is 4.88 Å². The molecule has 1 aliphatic heterocycles. The fourth-order valence-electron chi connectivity index (χ4n) is 2.00. The molecule has 5 heteroatoms. The van der Waals surface area contributed by atoms with Crippen molar-refractivity contribution >= 4 is 38.0 Å². The maximum atomic E-state index is 12.1. The standard InChI is InChI=1S/C11H12N2OS2/c12-7-1-3-13(6-7)11(14)10-5-9-8(16-10)2-4-15-9/h2,4-5,7H,1,3,6,12H2/t7-/m0/s1. The second-order valence-electron chi connectivity index (χ2n) is 4.06. The van der Waals surface area contributed by atoms with E-state index in [1.165, 1.54) is 9.40 Å². The third kappa shape index (κ3) is 1.65. The number of amides is 1. The number of carbonyl (C=O) groups is 1. The van der Waals surface area contributed by atoms with Gasteiger partial charge in [0.25, 0.3) is 5.91 Å². The van der Waals surface area contributed by atoms with Gasteiger partial charge in [-0.15, -0.1) is 22.7 Å². The molecular formula is C11H12N2OS2. The zero-order valence-electron chi connectivity index (χ0n) is 8.68. The van der Waals surface area contributed by atoms with E-state index in [0.717, 1.165) is 17.8 Å². The van der Waals surface area contributed by atoms with Crippen LogP contribution < -0.4 is 5.73 Å². The maximum absolute atomic E-state index is 12.1. The van der Waals surface area contributed by atoms with E-state index in [1.54, 1.807) is 22.7 Å². The molecule has 2 N–H and O–H groups in total. The minimum absolute atomic E-state index is 0.140. The summed E-state index contributed by atoms with van der Waals surface area (Å²) in [4.78, 5) is 14.9. The Morgan fingerprint density at radius 1 is 1.50 bits per heavy atom. The van der Waals surface area contributed by atoms with Crippen LogP contribution in [0.4, 0.5) is 0 Å². The van der Waals surface area contributed by atoms with Crippen LogP contribution in [0.1, 0.15) is 16.1 Å². The normalized spacial score (nSPS) is 20.8. The van der Waals surface area contributed by atoms with Crippen molar-refractivity contribution in [3.8, 4) is 0 Å². The summed E-state index contributed by atoms with van der Waals surface area (Å²) in [6, 6.07) is 4.22. The van der Waals surface area contributed by atoms with Crippen LogP contribution in [-0.4, -0.2) is 29.9 Å². The third-order valence-electron chi connectivity index (χ3n) is 2.86. The number of carbonyl (C=O) groups excluding carboxylic acids is 1. The molecule has 2 aromatic rings. The highest BCUT2D eigenvalue weighted by Gasteiger charge is 2.25. The van der Waals surface area contributed by atoms with E-state index in [2.05, 4.69) is 11.4 Å². The first kappa shape index (κ1) is 10.3. The van der Waals surface area contributed by atoms with Crippen LogP contribution in [0, 0.1) is 0 Å². The van der Waals surface area contributed by atoms with Crippen molar-refractivity contribution in [2.24, 2.45) is 5.73 Å². The fourth-order valence-corrected chi connectivity index (χ4v) is 4.08. The van der Waals surface area contributed by atoms with E-state index >= 15 is 0 Å². The van der Waals surface area contributed by atoms with E-state index in [0.29, 0.717) is 6.54 Å². The van der Waals surface area contributed by atoms with E-state index < -0.39 is 0 Å². The highest BCUT2D eigenvalue weighted by Crippen LogP contribution is 2.31. The minimum Gasteiger partial charge on any atom is -0.336 e. The summed E-state index contributed by atoms with van der Waals surface area (Å²) in [7, 11) is 0. The number of rotatable bonds is 1. The summed E-state index contributed by atoms with van der Waals surface area (Å²) in [6.45, 7) is 1.50. The molecule has 3 heterocycles. The first-order valence-electron chi connectivity index (χ1n) is 5.26. The number of fused-ring (bicyclic) bond motifs is 1. The third-order valence-corrected chi connectivity index (χ3v) is 4.94. The second kappa shape index (κ2) is 3.84. The Bertz CT molecular complexity index is 502. The number of nitrogens with two attached hydrogens (primary N) is 1. The number of hydrogen-bond donors (Lipinski definition) is 1. The van der Waals surface area contributed by atoms with Gasteiger partial charge in [0, 0.05) is 28.5 Å². The molecule has 0 unspecified atom stereocenters. The van der Waals surface area contributed by atoms with Gasteiger partial charge in [-0.25, -0.2) is 0 Å². The molecule has 3 nitrogen and oxygen atoms in total. The van der Waals surface area contributed by atoms with Gasteiger partial charge < -0.3 is 10.6 Å². The van der Waals surface area contributed by atoms with E-state index in [9.17, 15) is 4.79 Å².